The first-order valence-corrected chi connectivity index (χ1v) is 5.36. The molecule has 92 valence electrons. The van der Waals surface area contributed by atoms with Crippen molar-refractivity contribution in [2.24, 2.45) is 0 Å². The van der Waals surface area contributed by atoms with Gasteiger partial charge in [-0.15, -0.1) is 0 Å². The minimum absolute atomic E-state index is 0.0328. The number of pyridine rings is 1. The average molecular weight is 267 g/mol. The second-order valence-electron chi connectivity index (χ2n) is 3.46. The number of hydrogen-bond acceptors (Lipinski definition) is 3. The van der Waals surface area contributed by atoms with E-state index < -0.39 is 11.9 Å². The average Bonchev–Trinajstić information content (AvgIpc) is 2.28. The molecule has 1 heterocycles. The van der Waals surface area contributed by atoms with Gasteiger partial charge < -0.3 is 10.4 Å². The number of nitrogens with one attached hydrogen (secondary N) is 1. The molecule has 0 bridgehead atoms. The Hall–Kier alpha value is -2.14. The van der Waals surface area contributed by atoms with Gasteiger partial charge in [0.1, 0.15) is 11.6 Å². The van der Waals surface area contributed by atoms with Gasteiger partial charge in [-0.05, 0) is 30.3 Å². The van der Waals surface area contributed by atoms with Crippen LogP contribution < -0.4 is 5.32 Å². The molecule has 0 aliphatic heterocycles. The lowest BCUT2D eigenvalue weighted by Gasteiger charge is -2.06. The molecule has 2 rings (SSSR count). The Bertz CT molecular complexity index is 604. The molecule has 0 fully saturated rings. The maximum Gasteiger partial charge on any atom is 0.260 e. The molecule has 6 heteroatoms. The third-order valence-corrected chi connectivity index (χ3v) is 2.40. The number of rotatable bonds is 2. The van der Waals surface area contributed by atoms with Crippen LogP contribution >= 0.6 is 11.6 Å². The number of hydrogen-bond donors (Lipinski definition) is 2. The third kappa shape index (κ3) is 2.75. The Labute approximate surface area is 107 Å². The normalized spacial score (nSPS) is 10.1. The van der Waals surface area contributed by atoms with Crippen LogP contribution in [0.5, 0.6) is 5.75 Å². The summed E-state index contributed by atoms with van der Waals surface area (Å²) in [6, 6.07) is 8.10. The molecule has 0 aliphatic carbocycles. The molecule has 0 atom stereocenters. The van der Waals surface area contributed by atoms with Crippen molar-refractivity contribution in [2.45, 2.75) is 0 Å². The van der Waals surface area contributed by atoms with Crippen LogP contribution in [0.2, 0.25) is 5.02 Å². The quantitative estimate of drug-likeness (QED) is 0.822. The SMILES string of the molecule is O=C(Nc1cccc(F)n1)c1ccc(Cl)cc1O. The summed E-state index contributed by atoms with van der Waals surface area (Å²) < 4.78 is 12.8. The Morgan fingerprint density at radius 2 is 2.11 bits per heavy atom. The summed E-state index contributed by atoms with van der Waals surface area (Å²) in [5, 5.41) is 12.2. The van der Waals surface area contributed by atoms with Crippen molar-refractivity contribution >= 4 is 23.3 Å². The fourth-order valence-electron chi connectivity index (χ4n) is 1.36. The van der Waals surface area contributed by atoms with E-state index in [1.165, 1.54) is 30.3 Å². The molecule has 1 aromatic carbocycles. The number of carbonyl (C=O) groups is 1. The molecule has 1 amide bonds. The van der Waals surface area contributed by atoms with Crippen molar-refractivity contribution in [1.82, 2.24) is 4.98 Å². The number of phenols is 1. The molecule has 0 saturated carbocycles. The standard InChI is InChI=1S/C12H8ClFN2O2/c13-7-4-5-8(9(17)6-7)12(18)16-11-3-1-2-10(14)15-11/h1-6,17H,(H,15,16,18). The minimum Gasteiger partial charge on any atom is -0.507 e. The van der Waals surface area contributed by atoms with Gasteiger partial charge in [0.2, 0.25) is 5.95 Å². The van der Waals surface area contributed by atoms with Crippen LogP contribution in [0.15, 0.2) is 36.4 Å². The predicted octanol–water partition coefficient (Wildman–Crippen LogP) is 2.83. The number of halogens is 2. The van der Waals surface area contributed by atoms with Crippen molar-refractivity contribution in [3.63, 3.8) is 0 Å². The van der Waals surface area contributed by atoms with Gasteiger partial charge in [-0.1, -0.05) is 17.7 Å². The summed E-state index contributed by atoms with van der Waals surface area (Å²) in [5.74, 6) is -1.49. The van der Waals surface area contributed by atoms with Crippen LogP contribution in [0.4, 0.5) is 10.2 Å². The molecule has 18 heavy (non-hydrogen) atoms. The Morgan fingerprint density at radius 3 is 2.78 bits per heavy atom. The first-order valence-electron chi connectivity index (χ1n) is 4.98. The highest BCUT2D eigenvalue weighted by atomic mass is 35.5. The third-order valence-electron chi connectivity index (χ3n) is 2.16. The molecule has 0 aliphatic rings. The minimum atomic E-state index is -0.701. The molecule has 1 aromatic heterocycles. The second-order valence-corrected chi connectivity index (χ2v) is 3.90. The molecule has 0 saturated heterocycles. The molecule has 2 N–H and O–H groups in total. The van der Waals surface area contributed by atoms with Crippen molar-refractivity contribution in [3.8, 4) is 5.75 Å². The Kier molecular flexibility index (Phi) is 3.43. The zero-order valence-electron chi connectivity index (χ0n) is 9.02. The van der Waals surface area contributed by atoms with E-state index in [1.54, 1.807) is 0 Å². The maximum absolute atomic E-state index is 12.8. The summed E-state index contributed by atoms with van der Waals surface area (Å²) >= 11 is 5.65. The Balaban J connectivity index is 2.22. The van der Waals surface area contributed by atoms with Crippen molar-refractivity contribution in [2.75, 3.05) is 5.32 Å². The van der Waals surface area contributed by atoms with Crippen LogP contribution in [0, 0.1) is 5.95 Å². The van der Waals surface area contributed by atoms with E-state index in [9.17, 15) is 14.3 Å². The number of amides is 1. The molecular formula is C12H8ClFN2O2. The van der Waals surface area contributed by atoms with Crippen LogP contribution in [-0.4, -0.2) is 16.0 Å². The highest BCUT2D eigenvalue weighted by molar-refractivity contribution is 6.30. The number of aromatic hydroxyl groups is 1. The number of carbonyl (C=O) groups excluding carboxylic acids is 1. The van der Waals surface area contributed by atoms with Crippen molar-refractivity contribution < 1.29 is 14.3 Å². The molecule has 2 aromatic rings. The first kappa shape index (κ1) is 12.3. The predicted molar refractivity (Wildman–Crippen MR) is 65.3 cm³/mol. The van der Waals surface area contributed by atoms with E-state index in [2.05, 4.69) is 10.3 Å². The molecular weight excluding hydrogens is 259 g/mol. The monoisotopic (exact) mass is 266 g/mol. The lowest BCUT2D eigenvalue weighted by Crippen LogP contribution is -2.13. The molecule has 0 radical (unpaired) electrons. The van der Waals surface area contributed by atoms with E-state index in [-0.39, 0.29) is 17.1 Å². The van der Waals surface area contributed by atoms with Crippen LogP contribution in [0.1, 0.15) is 10.4 Å². The highest BCUT2D eigenvalue weighted by Crippen LogP contribution is 2.22. The van der Waals surface area contributed by atoms with Gasteiger partial charge in [0.15, 0.2) is 0 Å². The van der Waals surface area contributed by atoms with Crippen molar-refractivity contribution in [3.05, 3.63) is 52.9 Å². The van der Waals surface area contributed by atoms with E-state index in [0.29, 0.717) is 5.02 Å². The largest absolute Gasteiger partial charge is 0.507 e. The van der Waals surface area contributed by atoms with Gasteiger partial charge in [-0.25, -0.2) is 4.98 Å². The number of aromatic nitrogens is 1. The highest BCUT2D eigenvalue weighted by Gasteiger charge is 2.12. The lowest BCUT2D eigenvalue weighted by atomic mass is 10.2. The topological polar surface area (TPSA) is 62.2 Å². The Morgan fingerprint density at radius 1 is 1.33 bits per heavy atom. The van der Waals surface area contributed by atoms with E-state index >= 15 is 0 Å². The lowest BCUT2D eigenvalue weighted by molar-refractivity contribution is 0.102. The molecule has 0 spiro atoms. The maximum atomic E-state index is 12.8. The van der Waals surface area contributed by atoms with E-state index in [4.69, 9.17) is 11.6 Å². The van der Waals surface area contributed by atoms with Gasteiger partial charge in [-0.2, -0.15) is 4.39 Å². The second kappa shape index (κ2) is 5.01. The summed E-state index contributed by atoms with van der Waals surface area (Å²) in [5.41, 5.74) is 0.0328. The fraction of sp³-hybridized carbons (Fsp3) is 0. The number of phenolic OH excluding ortho intramolecular Hbond substituents is 1. The van der Waals surface area contributed by atoms with E-state index in [0.717, 1.165) is 6.07 Å². The van der Waals surface area contributed by atoms with E-state index in [1.807, 2.05) is 0 Å². The number of nitrogens with zero attached hydrogens (tertiary/aromatic N) is 1. The first-order chi connectivity index (χ1) is 8.56. The van der Waals surface area contributed by atoms with Gasteiger partial charge in [0.25, 0.3) is 5.91 Å². The molecule has 4 nitrogen and oxygen atoms in total. The van der Waals surface area contributed by atoms with Gasteiger partial charge in [0, 0.05) is 5.02 Å². The number of benzene rings is 1. The summed E-state index contributed by atoms with van der Waals surface area (Å²) in [6.45, 7) is 0. The number of anilines is 1. The zero-order chi connectivity index (χ0) is 13.1. The van der Waals surface area contributed by atoms with Crippen LogP contribution in [-0.2, 0) is 0 Å². The van der Waals surface area contributed by atoms with Gasteiger partial charge in [-0.3, -0.25) is 4.79 Å². The fourth-order valence-corrected chi connectivity index (χ4v) is 1.52. The van der Waals surface area contributed by atoms with Gasteiger partial charge >= 0.3 is 0 Å². The van der Waals surface area contributed by atoms with Crippen LogP contribution in [0.25, 0.3) is 0 Å². The smallest absolute Gasteiger partial charge is 0.260 e. The summed E-state index contributed by atoms with van der Waals surface area (Å²) in [7, 11) is 0. The van der Waals surface area contributed by atoms with Crippen molar-refractivity contribution in [1.29, 1.82) is 0 Å². The summed E-state index contributed by atoms with van der Waals surface area (Å²) in [4.78, 5) is 15.3. The molecule has 0 unspecified atom stereocenters. The van der Waals surface area contributed by atoms with Gasteiger partial charge in [0.05, 0.1) is 5.56 Å². The summed E-state index contributed by atoms with van der Waals surface area (Å²) in [6.07, 6.45) is 0. The van der Waals surface area contributed by atoms with Crippen LogP contribution in [0.3, 0.4) is 0 Å². The zero-order valence-corrected chi connectivity index (χ0v) is 9.78.